The standard InChI is InChI=1S/C13H12F3NO4/c1-12(10(18)19)7-21-11(20)17(12)6-8-2-4-9(5-3-8)13(14,15)16/h2-5H,6-7H2,1H3,(H,18,19). The lowest BCUT2D eigenvalue weighted by atomic mass is 10.0. The van der Waals surface area contributed by atoms with E-state index in [1.54, 1.807) is 0 Å². The summed E-state index contributed by atoms with van der Waals surface area (Å²) in [5.74, 6) is -1.24. The number of ether oxygens (including phenoxy) is 1. The lowest BCUT2D eigenvalue weighted by Gasteiger charge is -2.27. The number of nitrogens with zero attached hydrogens (tertiary/aromatic N) is 1. The summed E-state index contributed by atoms with van der Waals surface area (Å²) >= 11 is 0. The van der Waals surface area contributed by atoms with Gasteiger partial charge in [-0.05, 0) is 24.6 Å². The molecule has 1 N–H and O–H groups in total. The van der Waals surface area contributed by atoms with E-state index in [0.29, 0.717) is 5.56 Å². The molecule has 21 heavy (non-hydrogen) atoms. The Labute approximate surface area is 117 Å². The minimum atomic E-state index is -4.44. The second kappa shape index (κ2) is 4.94. The van der Waals surface area contributed by atoms with E-state index in [1.807, 2.05) is 0 Å². The summed E-state index contributed by atoms with van der Waals surface area (Å²) in [5, 5.41) is 9.17. The Kier molecular flexibility index (Phi) is 3.56. The Morgan fingerprint density at radius 2 is 1.95 bits per heavy atom. The van der Waals surface area contributed by atoms with Crippen molar-refractivity contribution < 1.29 is 32.6 Å². The van der Waals surface area contributed by atoms with Crippen LogP contribution < -0.4 is 0 Å². The summed E-state index contributed by atoms with van der Waals surface area (Å²) in [5.41, 5.74) is -1.95. The summed E-state index contributed by atoms with van der Waals surface area (Å²) < 4.78 is 42.1. The molecule has 0 aromatic heterocycles. The van der Waals surface area contributed by atoms with Crippen molar-refractivity contribution >= 4 is 12.1 Å². The number of amides is 1. The smallest absolute Gasteiger partial charge is 0.416 e. The molecular weight excluding hydrogens is 291 g/mol. The number of carboxylic acid groups (broad SMARTS) is 1. The first-order valence-corrected chi connectivity index (χ1v) is 5.98. The van der Waals surface area contributed by atoms with E-state index in [9.17, 15) is 22.8 Å². The number of cyclic esters (lactones) is 1. The van der Waals surface area contributed by atoms with Gasteiger partial charge in [-0.1, -0.05) is 12.1 Å². The van der Waals surface area contributed by atoms with E-state index in [4.69, 9.17) is 9.84 Å². The van der Waals surface area contributed by atoms with E-state index >= 15 is 0 Å². The Morgan fingerprint density at radius 3 is 2.43 bits per heavy atom. The summed E-state index contributed by atoms with van der Waals surface area (Å²) in [7, 11) is 0. The highest BCUT2D eigenvalue weighted by molar-refractivity contribution is 5.86. The molecule has 5 nitrogen and oxygen atoms in total. The van der Waals surface area contributed by atoms with E-state index < -0.39 is 29.3 Å². The molecule has 8 heteroatoms. The van der Waals surface area contributed by atoms with Gasteiger partial charge < -0.3 is 9.84 Å². The fraction of sp³-hybridized carbons (Fsp3) is 0.385. The van der Waals surface area contributed by atoms with Crippen molar-refractivity contribution in [2.75, 3.05) is 6.61 Å². The summed E-state index contributed by atoms with van der Waals surface area (Å²) in [6.07, 6.45) is -5.25. The van der Waals surface area contributed by atoms with Crippen LogP contribution in [0.4, 0.5) is 18.0 Å². The van der Waals surface area contributed by atoms with Crippen molar-refractivity contribution in [1.29, 1.82) is 0 Å². The average Bonchev–Trinajstić information content (AvgIpc) is 2.68. The van der Waals surface area contributed by atoms with Gasteiger partial charge in [0.2, 0.25) is 0 Å². The monoisotopic (exact) mass is 303 g/mol. The van der Waals surface area contributed by atoms with Gasteiger partial charge in [-0.2, -0.15) is 13.2 Å². The Bertz CT molecular complexity index is 570. The highest BCUT2D eigenvalue weighted by Gasteiger charge is 2.49. The molecule has 1 fully saturated rings. The molecule has 1 unspecified atom stereocenters. The van der Waals surface area contributed by atoms with Crippen molar-refractivity contribution in [3.05, 3.63) is 35.4 Å². The fourth-order valence-corrected chi connectivity index (χ4v) is 1.96. The van der Waals surface area contributed by atoms with Gasteiger partial charge in [0.1, 0.15) is 6.61 Å². The topological polar surface area (TPSA) is 66.8 Å². The molecule has 1 atom stereocenters. The van der Waals surface area contributed by atoms with Gasteiger partial charge in [0, 0.05) is 0 Å². The molecule has 1 saturated heterocycles. The van der Waals surface area contributed by atoms with Crippen LogP contribution in [0.25, 0.3) is 0 Å². The van der Waals surface area contributed by atoms with Crippen molar-refractivity contribution in [3.63, 3.8) is 0 Å². The number of carbonyl (C=O) groups is 2. The number of aliphatic carboxylic acids is 1. The van der Waals surface area contributed by atoms with Gasteiger partial charge in [0.05, 0.1) is 12.1 Å². The van der Waals surface area contributed by atoms with Crippen LogP contribution in [0.3, 0.4) is 0 Å². The average molecular weight is 303 g/mol. The summed E-state index contributed by atoms with van der Waals surface area (Å²) in [6.45, 7) is 0.881. The minimum Gasteiger partial charge on any atom is -0.479 e. The van der Waals surface area contributed by atoms with Gasteiger partial charge in [0.15, 0.2) is 5.54 Å². The van der Waals surface area contributed by atoms with Crippen LogP contribution >= 0.6 is 0 Å². The Morgan fingerprint density at radius 1 is 1.38 bits per heavy atom. The van der Waals surface area contributed by atoms with Gasteiger partial charge in [-0.15, -0.1) is 0 Å². The van der Waals surface area contributed by atoms with Gasteiger partial charge in [0.25, 0.3) is 0 Å². The number of alkyl halides is 3. The molecule has 0 bridgehead atoms. The van der Waals surface area contributed by atoms with Crippen LogP contribution in [0.2, 0.25) is 0 Å². The number of hydrogen-bond acceptors (Lipinski definition) is 3. The van der Waals surface area contributed by atoms with Crippen LogP contribution in [0, 0.1) is 0 Å². The Hall–Kier alpha value is -2.25. The molecule has 1 aliphatic rings. The van der Waals surface area contributed by atoms with Gasteiger partial charge >= 0.3 is 18.2 Å². The predicted octanol–water partition coefficient (Wildman–Crippen LogP) is 2.50. The molecule has 1 heterocycles. The molecule has 1 amide bonds. The van der Waals surface area contributed by atoms with Crippen LogP contribution in [0.5, 0.6) is 0 Å². The zero-order valence-electron chi connectivity index (χ0n) is 11.0. The zero-order valence-corrected chi connectivity index (χ0v) is 11.0. The minimum absolute atomic E-state index is 0.139. The van der Waals surface area contributed by atoms with E-state index in [2.05, 4.69) is 0 Å². The van der Waals surface area contributed by atoms with Gasteiger partial charge in [-0.25, -0.2) is 9.59 Å². The summed E-state index contributed by atoms with van der Waals surface area (Å²) in [4.78, 5) is 23.8. The third-order valence-corrected chi connectivity index (χ3v) is 3.38. The molecule has 0 aliphatic carbocycles. The van der Waals surface area contributed by atoms with Crippen molar-refractivity contribution in [1.82, 2.24) is 4.90 Å². The molecule has 0 saturated carbocycles. The summed E-state index contributed by atoms with van der Waals surface area (Å²) in [6, 6.07) is 4.18. The molecular formula is C13H12F3NO4. The maximum Gasteiger partial charge on any atom is 0.416 e. The molecule has 2 rings (SSSR count). The first kappa shape index (κ1) is 15.1. The second-order valence-corrected chi connectivity index (χ2v) is 4.91. The number of rotatable bonds is 3. The van der Waals surface area contributed by atoms with Crippen LogP contribution in [0.1, 0.15) is 18.1 Å². The molecule has 1 aromatic carbocycles. The maximum absolute atomic E-state index is 12.5. The lowest BCUT2D eigenvalue weighted by Crippen LogP contribution is -2.50. The number of benzene rings is 1. The second-order valence-electron chi connectivity index (χ2n) is 4.91. The van der Waals surface area contributed by atoms with E-state index in [-0.39, 0.29) is 13.2 Å². The van der Waals surface area contributed by atoms with E-state index in [1.165, 1.54) is 19.1 Å². The maximum atomic E-state index is 12.5. The Balaban J connectivity index is 2.21. The van der Waals surface area contributed by atoms with Crippen LogP contribution in [0.15, 0.2) is 24.3 Å². The van der Waals surface area contributed by atoms with Crippen molar-refractivity contribution in [3.8, 4) is 0 Å². The molecule has 114 valence electrons. The normalized spacial score (nSPS) is 22.3. The molecule has 0 spiro atoms. The first-order chi connectivity index (χ1) is 9.64. The number of carboxylic acids is 1. The molecule has 0 radical (unpaired) electrons. The quantitative estimate of drug-likeness (QED) is 0.931. The lowest BCUT2D eigenvalue weighted by molar-refractivity contribution is -0.147. The highest BCUT2D eigenvalue weighted by atomic mass is 19.4. The van der Waals surface area contributed by atoms with Crippen LogP contribution in [-0.4, -0.2) is 34.2 Å². The SMILES string of the molecule is CC1(C(=O)O)COC(=O)N1Cc1ccc(C(F)(F)F)cc1. The number of hydrogen-bond donors (Lipinski definition) is 1. The number of carbonyl (C=O) groups excluding carboxylic acids is 1. The predicted molar refractivity (Wildman–Crippen MR) is 64.4 cm³/mol. The molecule has 1 aliphatic heterocycles. The zero-order chi connectivity index (χ0) is 15.8. The fourth-order valence-electron chi connectivity index (χ4n) is 1.96. The largest absolute Gasteiger partial charge is 0.479 e. The van der Waals surface area contributed by atoms with Crippen molar-refractivity contribution in [2.45, 2.75) is 25.2 Å². The van der Waals surface area contributed by atoms with Crippen LogP contribution in [-0.2, 0) is 22.3 Å². The number of halogens is 3. The van der Waals surface area contributed by atoms with Crippen molar-refractivity contribution in [2.24, 2.45) is 0 Å². The first-order valence-electron chi connectivity index (χ1n) is 5.98. The van der Waals surface area contributed by atoms with E-state index in [0.717, 1.165) is 17.0 Å². The highest BCUT2D eigenvalue weighted by Crippen LogP contribution is 2.30. The third-order valence-electron chi connectivity index (χ3n) is 3.38. The third kappa shape index (κ3) is 2.79. The molecule has 1 aromatic rings. The van der Waals surface area contributed by atoms with Gasteiger partial charge in [-0.3, -0.25) is 4.90 Å².